The molecule has 2 N–H and O–H groups in total. The molecule has 0 spiro atoms. The van der Waals surface area contributed by atoms with Crippen LogP contribution in [0, 0.1) is 0 Å². The van der Waals surface area contributed by atoms with E-state index >= 15 is 0 Å². The molecule has 0 radical (unpaired) electrons. The van der Waals surface area contributed by atoms with Crippen LogP contribution in [0.2, 0.25) is 0 Å². The summed E-state index contributed by atoms with van der Waals surface area (Å²) in [5, 5.41) is 0. The van der Waals surface area contributed by atoms with Gasteiger partial charge in [-0.05, 0) is 24.1 Å². The lowest BCUT2D eigenvalue weighted by Gasteiger charge is -2.12. The van der Waals surface area contributed by atoms with Gasteiger partial charge in [-0.25, -0.2) is 8.42 Å². The highest BCUT2D eigenvalue weighted by Gasteiger charge is 2.23. The number of fused-ring (bicyclic) bond motifs is 1. The Morgan fingerprint density at radius 1 is 1.47 bits per heavy atom. The molecule has 1 aliphatic heterocycles. The van der Waals surface area contributed by atoms with Crippen LogP contribution in [-0.4, -0.2) is 26.8 Å². The van der Waals surface area contributed by atoms with Gasteiger partial charge in [-0.3, -0.25) is 0 Å². The maximum Gasteiger partial charge on any atom is 0.156 e. The van der Waals surface area contributed by atoms with Crippen molar-refractivity contribution in [3.8, 4) is 5.75 Å². The Hall–Kier alpha value is -0.590. The SMILES string of the molecule is CCC(N)CS(=O)(=O)Cc1cc(Br)cc2c1OCC2. The maximum atomic E-state index is 12.1. The van der Waals surface area contributed by atoms with Crippen LogP contribution in [0.5, 0.6) is 5.75 Å². The number of nitrogens with two attached hydrogens (primary N) is 1. The van der Waals surface area contributed by atoms with Crippen molar-refractivity contribution in [3.63, 3.8) is 0 Å². The summed E-state index contributed by atoms with van der Waals surface area (Å²) in [6.45, 7) is 2.51. The average Bonchev–Trinajstić information content (AvgIpc) is 2.75. The van der Waals surface area contributed by atoms with Crippen molar-refractivity contribution in [2.24, 2.45) is 5.73 Å². The van der Waals surface area contributed by atoms with E-state index in [2.05, 4.69) is 15.9 Å². The average molecular weight is 348 g/mol. The molecule has 1 aromatic rings. The largest absolute Gasteiger partial charge is 0.493 e. The maximum absolute atomic E-state index is 12.1. The summed E-state index contributed by atoms with van der Waals surface area (Å²) in [5.41, 5.74) is 7.53. The van der Waals surface area contributed by atoms with Gasteiger partial charge in [0.05, 0.1) is 18.1 Å². The third kappa shape index (κ3) is 3.70. The normalized spacial score (nSPS) is 15.9. The van der Waals surface area contributed by atoms with Crippen molar-refractivity contribution in [2.45, 2.75) is 31.6 Å². The molecule has 1 aromatic carbocycles. The molecule has 0 saturated carbocycles. The van der Waals surface area contributed by atoms with Crippen LogP contribution in [0.1, 0.15) is 24.5 Å². The quantitative estimate of drug-likeness (QED) is 0.884. The van der Waals surface area contributed by atoms with E-state index < -0.39 is 9.84 Å². The Balaban J connectivity index is 2.24. The van der Waals surface area contributed by atoms with Crippen molar-refractivity contribution in [2.75, 3.05) is 12.4 Å². The van der Waals surface area contributed by atoms with Crippen LogP contribution in [0.25, 0.3) is 0 Å². The summed E-state index contributed by atoms with van der Waals surface area (Å²) < 4.78 is 30.7. The van der Waals surface area contributed by atoms with Crippen molar-refractivity contribution in [3.05, 3.63) is 27.7 Å². The molecule has 0 bridgehead atoms. The van der Waals surface area contributed by atoms with E-state index in [1.54, 1.807) is 0 Å². The standard InChI is InChI=1S/C13H18BrNO3S/c1-2-12(15)8-19(16,17)7-10-6-11(14)5-9-3-4-18-13(9)10/h5-6,12H,2-4,7-8,15H2,1H3. The Labute approximate surface area is 122 Å². The minimum absolute atomic E-state index is 0.0114. The van der Waals surface area contributed by atoms with Gasteiger partial charge in [0.1, 0.15) is 5.75 Å². The lowest BCUT2D eigenvalue weighted by atomic mass is 10.1. The number of ether oxygens (including phenoxy) is 1. The summed E-state index contributed by atoms with van der Waals surface area (Å²) >= 11 is 3.41. The summed E-state index contributed by atoms with van der Waals surface area (Å²) in [5.74, 6) is 0.740. The van der Waals surface area contributed by atoms with Gasteiger partial charge in [-0.2, -0.15) is 0 Å². The third-order valence-corrected chi connectivity index (χ3v) is 5.34. The summed E-state index contributed by atoms with van der Waals surface area (Å²) in [6.07, 6.45) is 1.49. The molecule has 0 fully saturated rings. The van der Waals surface area contributed by atoms with Crippen LogP contribution in [0.15, 0.2) is 16.6 Å². The Bertz CT molecular complexity index is 571. The molecular weight excluding hydrogens is 330 g/mol. The van der Waals surface area contributed by atoms with E-state index in [4.69, 9.17) is 10.5 Å². The van der Waals surface area contributed by atoms with E-state index in [1.165, 1.54) is 0 Å². The fourth-order valence-corrected chi connectivity index (χ4v) is 4.44. The van der Waals surface area contributed by atoms with E-state index in [1.807, 2.05) is 19.1 Å². The van der Waals surface area contributed by atoms with Gasteiger partial charge in [0.15, 0.2) is 9.84 Å². The Kier molecular flexibility index (Phi) is 4.53. The van der Waals surface area contributed by atoms with Crippen LogP contribution >= 0.6 is 15.9 Å². The Morgan fingerprint density at radius 2 is 2.21 bits per heavy atom. The molecule has 0 amide bonds. The predicted octanol–water partition coefficient (Wildman–Crippen LogP) is 2.04. The van der Waals surface area contributed by atoms with Crippen molar-refractivity contribution >= 4 is 25.8 Å². The second kappa shape index (κ2) is 5.81. The first-order valence-corrected chi connectivity index (χ1v) is 8.93. The minimum atomic E-state index is -3.21. The van der Waals surface area contributed by atoms with E-state index in [9.17, 15) is 8.42 Å². The van der Waals surface area contributed by atoms with Crippen LogP contribution in [0.3, 0.4) is 0 Å². The molecule has 0 aromatic heterocycles. The summed E-state index contributed by atoms with van der Waals surface area (Å²) in [6, 6.07) is 3.50. The zero-order valence-corrected chi connectivity index (χ0v) is 13.3. The van der Waals surface area contributed by atoms with Crippen molar-refractivity contribution in [1.82, 2.24) is 0 Å². The lowest BCUT2D eigenvalue weighted by molar-refractivity contribution is 0.354. The zero-order valence-electron chi connectivity index (χ0n) is 10.9. The number of benzene rings is 1. The van der Waals surface area contributed by atoms with Crippen LogP contribution in [-0.2, 0) is 22.0 Å². The molecule has 19 heavy (non-hydrogen) atoms. The smallest absolute Gasteiger partial charge is 0.156 e. The highest BCUT2D eigenvalue weighted by Crippen LogP contribution is 2.34. The van der Waals surface area contributed by atoms with Gasteiger partial charge < -0.3 is 10.5 Å². The molecule has 6 heteroatoms. The fourth-order valence-electron chi connectivity index (χ4n) is 2.19. The van der Waals surface area contributed by atoms with Crippen molar-refractivity contribution < 1.29 is 13.2 Å². The zero-order chi connectivity index (χ0) is 14.0. The summed E-state index contributed by atoms with van der Waals surface area (Å²) in [4.78, 5) is 0. The first kappa shape index (κ1) is 14.8. The van der Waals surface area contributed by atoms with E-state index in [0.717, 1.165) is 27.8 Å². The van der Waals surface area contributed by atoms with Gasteiger partial charge in [-0.15, -0.1) is 0 Å². The highest BCUT2D eigenvalue weighted by atomic mass is 79.9. The minimum Gasteiger partial charge on any atom is -0.493 e. The number of hydrogen-bond acceptors (Lipinski definition) is 4. The highest BCUT2D eigenvalue weighted by molar-refractivity contribution is 9.10. The van der Waals surface area contributed by atoms with E-state index in [-0.39, 0.29) is 17.5 Å². The van der Waals surface area contributed by atoms with Crippen LogP contribution < -0.4 is 10.5 Å². The molecule has 2 rings (SSSR count). The molecule has 0 aliphatic carbocycles. The molecule has 1 heterocycles. The molecular formula is C13H18BrNO3S. The number of sulfone groups is 1. The molecule has 4 nitrogen and oxygen atoms in total. The fraction of sp³-hybridized carbons (Fsp3) is 0.538. The number of hydrogen-bond donors (Lipinski definition) is 1. The first-order chi connectivity index (χ1) is 8.91. The van der Waals surface area contributed by atoms with Crippen molar-refractivity contribution in [1.29, 1.82) is 0 Å². The van der Waals surface area contributed by atoms with Gasteiger partial charge in [-0.1, -0.05) is 22.9 Å². The lowest BCUT2D eigenvalue weighted by Crippen LogP contribution is -2.29. The molecule has 106 valence electrons. The van der Waals surface area contributed by atoms with Gasteiger partial charge in [0.2, 0.25) is 0 Å². The van der Waals surface area contributed by atoms with Crippen LogP contribution in [0.4, 0.5) is 0 Å². The monoisotopic (exact) mass is 347 g/mol. The second-order valence-electron chi connectivity index (χ2n) is 4.87. The first-order valence-electron chi connectivity index (χ1n) is 6.31. The predicted molar refractivity (Wildman–Crippen MR) is 79.1 cm³/mol. The summed E-state index contributed by atoms with van der Waals surface area (Å²) in [7, 11) is -3.21. The molecule has 1 unspecified atom stereocenters. The topological polar surface area (TPSA) is 69.4 Å². The molecule has 1 aliphatic rings. The Morgan fingerprint density at radius 3 is 2.89 bits per heavy atom. The second-order valence-corrected chi connectivity index (χ2v) is 7.90. The third-order valence-electron chi connectivity index (χ3n) is 3.19. The number of rotatable bonds is 5. The number of halogens is 1. The van der Waals surface area contributed by atoms with Gasteiger partial charge in [0.25, 0.3) is 0 Å². The molecule has 0 saturated heterocycles. The van der Waals surface area contributed by atoms with E-state index in [0.29, 0.717) is 13.0 Å². The molecule has 1 atom stereocenters. The van der Waals surface area contributed by atoms with Gasteiger partial charge in [0, 0.05) is 22.5 Å². The van der Waals surface area contributed by atoms with Gasteiger partial charge >= 0.3 is 0 Å².